The van der Waals surface area contributed by atoms with Gasteiger partial charge in [-0.15, -0.1) is 0 Å². The van der Waals surface area contributed by atoms with Gasteiger partial charge in [-0.3, -0.25) is 0 Å². The number of aryl methyl sites for hydroxylation is 1. The lowest BCUT2D eigenvalue weighted by Crippen LogP contribution is -2.08. The molecule has 0 saturated carbocycles. The third-order valence-corrected chi connectivity index (χ3v) is 2.51. The minimum atomic E-state index is -4.48. The van der Waals surface area contributed by atoms with Crippen LogP contribution in [0.4, 0.5) is 17.6 Å². The normalized spacial score (nSPS) is 11.6. The molecule has 2 aromatic rings. The van der Waals surface area contributed by atoms with E-state index < -0.39 is 17.7 Å². The molecule has 0 spiro atoms. The molecule has 0 N–H and O–H groups in total. The summed E-state index contributed by atoms with van der Waals surface area (Å²) in [7, 11) is 0. The van der Waals surface area contributed by atoms with Crippen molar-refractivity contribution in [3.63, 3.8) is 0 Å². The van der Waals surface area contributed by atoms with Crippen molar-refractivity contribution in [1.82, 2.24) is 4.98 Å². The number of pyridine rings is 1. The minimum Gasteiger partial charge on any atom is -0.243 e. The SMILES string of the molecule is Cc1ccc(C(F)(F)F)nc1-c1ccc(F)cc1. The third-order valence-electron chi connectivity index (χ3n) is 2.51. The lowest BCUT2D eigenvalue weighted by Gasteiger charge is -2.10. The van der Waals surface area contributed by atoms with Crippen LogP contribution < -0.4 is 0 Å². The van der Waals surface area contributed by atoms with Crippen LogP contribution in [0.1, 0.15) is 11.3 Å². The maximum absolute atomic E-state index is 12.8. The van der Waals surface area contributed by atoms with Crippen LogP contribution in [0.25, 0.3) is 11.3 Å². The van der Waals surface area contributed by atoms with Crippen LogP contribution in [0.5, 0.6) is 0 Å². The Balaban J connectivity index is 2.53. The second kappa shape index (κ2) is 4.40. The zero-order valence-corrected chi connectivity index (χ0v) is 9.42. The molecule has 0 fully saturated rings. The number of halogens is 4. The Hall–Kier alpha value is -1.91. The van der Waals surface area contributed by atoms with Crippen molar-refractivity contribution in [2.75, 3.05) is 0 Å². The van der Waals surface area contributed by atoms with Gasteiger partial charge in [-0.25, -0.2) is 9.37 Å². The molecule has 2 rings (SSSR count). The molecule has 0 atom stereocenters. The molecule has 1 heterocycles. The Labute approximate surface area is 101 Å². The first-order chi connectivity index (χ1) is 8.38. The summed E-state index contributed by atoms with van der Waals surface area (Å²) in [4.78, 5) is 3.60. The zero-order valence-electron chi connectivity index (χ0n) is 9.42. The molecule has 1 nitrogen and oxygen atoms in total. The number of hydrogen-bond donors (Lipinski definition) is 0. The first-order valence-electron chi connectivity index (χ1n) is 5.19. The smallest absolute Gasteiger partial charge is 0.243 e. The van der Waals surface area contributed by atoms with Gasteiger partial charge in [0.2, 0.25) is 0 Å². The number of aromatic nitrogens is 1. The summed E-state index contributed by atoms with van der Waals surface area (Å²) in [5.41, 5.74) is 0.326. The maximum Gasteiger partial charge on any atom is 0.433 e. The van der Waals surface area contributed by atoms with Gasteiger partial charge < -0.3 is 0 Å². The van der Waals surface area contributed by atoms with Gasteiger partial charge in [0, 0.05) is 5.56 Å². The Morgan fingerprint density at radius 2 is 1.56 bits per heavy atom. The standard InChI is InChI=1S/C13H9F4N/c1-8-2-7-11(13(15,16)17)18-12(8)9-3-5-10(14)6-4-9/h2-7H,1H3. The number of alkyl halides is 3. The van der Waals surface area contributed by atoms with Gasteiger partial charge >= 0.3 is 6.18 Å². The molecule has 5 heteroatoms. The van der Waals surface area contributed by atoms with Gasteiger partial charge in [-0.2, -0.15) is 13.2 Å². The van der Waals surface area contributed by atoms with E-state index in [9.17, 15) is 17.6 Å². The lowest BCUT2D eigenvalue weighted by molar-refractivity contribution is -0.141. The van der Waals surface area contributed by atoms with Crippen LogP contribution in [0.2, 0.25) is 0 Å². The maximum atomic E-state index is 12.8. The van der Waals surface area contributed by atoms with Gasteiger partial charge in [-0.05, 0) is 42.8 Å². The fourth-order valence-electron chi connectivity index (χ4n) is 1.59. The Morgan fingerprint density at radius 1 is 0.944 bits per heavy atom. The van der Waals surface area contributed by atoms with E-state index >= 15 is 0 Å². The molecule has 0 aliphatic carbocycles. The number of nitrogens with zero attached hydrogens (tertiary/aromatic N) is 1. The number of benzene rings is 1. The van der Waals surface area contributed by atoms with Crippen molar-refractivity contribution in [3.05, 3.63) is 53.5 Å². The molecular weight excluding hydrogens is 246 g/mol. The van der Waals surface area contributed by atoms with E-state index in [0.29, 0.717) is 11.1 Å². The van der Waals surface area contributed by atoms with Crippen molar-refractivity contribution >= 4 is 0 Å². The Morgan fingerprint density at radius 3 is 2.11 bits per heavy atom. The Kier molecular flexibility index (Phi) is 3.07. The second-order valence-electron chi connectivity index (χ2n) is 3.87. The second-order valence-corrected chi connectivity index (χ2v) is 3.87. The summed E-state index contributed by atoms with van der Waals surface area (Å²) in [5, 5.41) is 0. The van der Waals surface area contributed by atoms with E-state index in [0.717, 1.165) is 6.07 Å². The topological polar surface area (TPSA) is 12.9 Å². The molecule has 0 unspecified atom stereocenters. The first-order valence-corrected chi connectivity index (χ1v) is 5.19. The predicted molar refractivity (Wildman–Crippen MR) is 59.4 cm³/mol. The molecule has 0 aliphatic rings. The molecule has 1 aromatic carbocycles. The molecule has 0 saturated heterocycles. The molecule has 0 radical (unpaired) electrons. The first kappa shape index (κ1) is 12.5. The van der Waals surface area contributed by atoms with Gasteiger partial charge in [0.15, 0.2) is 0 Å². The van der Waals surface area contributed by atoms with E-state index in [-0.39, 0.29) is 5.69 Å². The van der Waals surface area contributed by atoms with Crippen LogP contribution in [0.3, 0.4) is 0 Å². The van der Waals surface area contributed by atoms with Gasteiger partial charge in [0.25, 0.3) is 0 Å². The molecule has 18 heavy (non-hydrogen) atoms. The summed E-state index contributed by atoms with van der Waals surface area (Å²) in [5.74, 6) is -0.441. The fourth-order valence-corrected chi connectivity index (χ4v) is 1.59. The molecule has 1 aromatic heterocycles. The molecule has 94 valence electrons. The van der Waals surface area contributed by atoms with Crippen molar-refractivity contribution < 1.29 is 17.6 Å². The lowest BCUT2D eigenvalue weighted by atomic mass is 10.1. The molecular formula is C13H9F4N. The van der Waals surface area contributed by atoms with Gasteiger partial charge in [-0.1, -0.05) is 6.07 Å². The molecule has 0 amide bonds. The van der Waals surface area contributed by atoms with E-state index in [1.807, 2.05) is 0 Å². The van der Waals surface area contributed by atoms with Crippen molar-refractivity contribution in [3.8, 4) is 11.3 Å². The van der Waals surface area contributed by atoms with Crippen LogP contribution in [0, 0.1) is 12.7 Å². The van der Waals surface area contributed by atoms with Crippen LogP contribution in [-0.4, -0.2) is 4.98 Å². The van der Waals surface area contributed by atoms with Crippen molar-refractivity contribution in [1.29, 1.82) is 0 Å². The highest BCUT2D eigenvalue weighted by Gasteiger charge is 2.32. The van der Waals surface area contributed by atoms with Crippen molar-refractivity contribution in [2.45, 2.75) is 13.1 Å². The number of rotatable bonds is 1. The fraction of sp³-hybridized carbons (Fsp3) is 0.154. The monoisotopic (exact) mass is 255 g/mol. The minimum absolute atomic E-state index is 0.213. The average molecular weight is 255 g/mol. The highest BCUT2D eigenvalue weighted by Crippen LogP contribution is 2.30. The zero-order chi connectivity index (χ0) is 13.3. The Bertz CT molecular complexity index is 558. The summed E-state index contributed by atoms with van der Waals surface area (Å²) < 4.78 is 50.4. The van der Waals surface area contributed by atoms with Gasteiger partial charge in [0.1, 0.15) is 11.5 Å². The van der Waals surface area contributed by atoms with E-state index in [4.69, 9.17) is 0 Å². The van der Waals surface area contributed by atoms with E-state index in [2.05, 4.69) is 4.98 Å². The van der Waals surface area contributed by atoms with E-state index in [1.54, 1.807) is 6.92 Å². The predicted octanol–water partition coefficient (Wildman–Crippen LogP) is 4.21. The molecule has 0 bridgehead atoms. The summed E-state index contributed by atoms with van der Waals surface area (Å²) >= 11 is 0. The summed E-state index contributed by atoms with van der Waals surface area (Å²) in [6.45, 7) is 1.66. The average Bonchev–Trinajstić information content (AvgIpc) is 2.29. The van der Waals surface area contributed by atoms with Gasteiger partial charge in [0.05, 0.1) is 5.69 Å². The van der Waals surface area contributed by atoms with Crippen LogP contribution in [0.15, 0.2) is 36.4 Å². The van der Waals surface area contributed by atoms with Crippen LogP contribution in [-0.2, 0) is 6.18 Å². The highest BCUT2D eigenvalue weighted by atomic mass is 19.4. The summed E-state index contributed by atoms with van der Waals surface area (Å²) in [6.07, 6.45) is -4.48. The quantitative estimate of drug-likeness (QED) is 0.695. The highest BCUT2D eigenvalue weighted by molar-refractivity contribution is 5.62. The van der Waals surface area contributed by atoms with Crippen molar-refractivity contribution in [2.24, 2.45) is 0 Å². The summed E-state index contributed by atoms with van der Waals surface area (Å²) in [6, 6.07) is 7.49. The largest absolute Gasteiger partial charge is 0.433 e. The van der Waals surface area contributed by atoms with E-state index in [1.165, 1.54) is 30.3 Å². The number of hydrogen-bond acceptors (Lipinski definition) is 1. The molecule has 0 aliphatic heterocycles. The third kappa shape index (κ3) is 2.50. The van der Waals surface area contributed by atoms with Crippen LogP contribution >= 0.6 is 0 Å².